The van der Waals surface area contributed by atoms with Crippen molar-refractivity contribution in [2.24, 2.45) is 0 Å². The second-order valence-electron chi connectivity index (χ2n) is 4.09. The molecule has 2 aromatic rings. The number of ether oxygens (including phenoxy) is 1. The third kappa shape index (κ3) is 3.35. The van der Waals surface area contributed by atoms with Crippen molar-refractivity contribution >= 4 is 17.5 Å². The second-order valence-corrected chi connectivity index (χ2v) is 4.09. The van der Waals surface area contributed by atoms with Crippen molar-refractivity contribution in [1.82, 2.24) is 10.2 Å². The Labute approximate surface area is 115 Å². The number of anilines is 2. The zero-order chi connectivity index (χ0) is 14.5. The van der Waals surface area contributed by atoms with Crippen LogP contribution in [0.1, 0.15) is 5.56 Å². The number of urea groups is 1. The van der Waals surface area contributed by atoms with E-state index < -0.39 is 6.03 Å². The standard InChI is InChI=1S/C13H14N4O3/c1-8-3-4-10(20-2)9(7-8)14-13(19)15-11-5-6-12(18)17-16-11/h3-7H,1-2H3,(H,17,18)(H2,14,15,16,19). The van der Waals surface area contributed by atoms with Crippen LogP contribution in [0.25, 0.3) is 0 Å². The molecule has 20 heavy (non-hydrogen) atoms. The summed E-state index contributed by atoms with van der Waals surface area (Å²) in [7, 11) is 1.53. The molecule has 2 amide bonds. The number of carbonyl (C=O) groups is 1. The Kier molecular flexibility index (Phi) is 3.99. The minimum atomic E-state index is -0.478. The van der Waals surface area contributed by atoms with E-state index in [0.29, 0.717) is 11.4 Å². The van der Waals surface area contributed by atoms with Gasteiger partial charge in [0.15, 0.2) is 5.82 Å². The summed E-state index contributed by atoms with van der Waals surface area (Å²) in [5, 5.41) is 11.1. The number of benzene rings is 1. The van der Waals surface area contributed by atoms with Crippen LogP contribution in [0.15, 0.2) is 35.1 Å². The Balaban J connectivity index is 2.10. The average molecular weight is 274 g/mol. The van der Waals surface area contributed by atoms with Gasteiger partial charge in [-0.3, -0.25) is 10.1 Å². The highest BCUT2D eigenvalue weighted by molar-refractivity contribution is 6.00. The van der Waals surface area contributed by atoms with Crippen molar-refractivity contribution in [1.29, 1.82) is 0 Å². The third-order valence-corrected chi connectivity index (χ3v) is 2.52. The van der Waals surface area contributed by atoms with Crippen LogP contribution in [0.3, 0.4) is 0 Å². The van der Waals surface area contributed by atoms with Gasteiger partial charge in [0.2, 0.25) is 0 Å². The molecule has 0 saturated heterocycles. The van der Waals surface area contributed by atoms with Gasteiger partial charge in [-0.25, -0.2) is 9.89 Å². The Hall–Kier alpha value is -2.83. The summed E-state index contributed by atoms with van der Waals surface area (Å²) >= 11 is 0. The largest absolute Gasteiger partial charge is 0.495 e. The Morgan fingerprint density at radius 2 is 2.05 bits per heavy atom. The average Bonchev–Trinajstić information content (AvgIpc) is 2.41. The summed E-state index contributed by atoms with van der Waals surface area (Å²) in [6.45, 7) is 1.91. The Morgan fingerprint density at radius 1 is 1.25 bits per heavy atom. The van der Waals surface area contributed by atoms with Crippen LogP contribution in [0, 0.1) is 6.92 Å². The normalized spacial score (nSPS) is 9.90. The molecule has 1 aromatic carbocycles. The molecular formula is C13H14N4O3. The molecule has 2 rings (SSSR count). The fourth-order valence-electron chi connectivity index (χ4n) is 1.60. The molecule has 1 heterocycles. The lowest BCUT2D eigenvalue weighted by atomic mass is 10.2. The van der Waals surface area contributed by atoms with E-state index in [1.165, 1.54) is 19.2 Å². The topological polar surface area (TPSA) is 96.1 Å². The summed E-state index contributed by atoms with van der Waals surface area (Å²) in [6.07, 6.45) is 0. The zero-order valence-electron chi connectivity index (χ0n) is 11.1. The maximum absolute atomic E-state index is 11.8. The number of methoxy groups -OCH3 is 1. The molecule has 1 aromatic heterocycles. The molecule has 0 saturated carbocycles. The number of aromatic nitrogens is 2. The first-order chi connectivity index (χ1) is 9.58. The van der Waals surface area contributed by atoms with E-state index in [-0.39, 0.29) is 11.4 Å². The first-order valence-corrected chi connectivity index (χ1v) is 5.87. The van der Waals surface area contributed by atoms with E-state index in [0.717, 1.165) is 5.56 Å². The molecule has 7 heteroatoms. The number of aryl methyl sites for hydroxylation is 1. The van der Waals surface area contributed by atoms with E-state index in [2.05, 4.69) is 20.8 Å². The predicted molar refractivity (Wildman–Crippen MR) is 75.2 cm³/mol. The van der Waals surface area contributed by atoms with E-state index in [9.17, 15) is 9.59 Å². The van der Waals surface area contributed by atoms with Crippen LogP contribution in [-0.2, 0) is 0 Å². The molecule has 104 valence electrons. The number of aromatic amines is 1. The highest BCUT2D eigenvalue weighted by Crippen LogP contribution is 2.25. The van der Waals surface area contributed by atoms with Crippen LogP contribution >= 0.6 is 0 Å². The lowest BCUT2D eigenvalue weighted by molar-refractivity contribution is 0.262. The highest BCUT2D eigenvalue weighted by atomic mass is 16.5. The van der Waals surface area contributed by atoms with Crippen LogP contribution in [-0.4, -0.2) is 23.3 Å². The van der Waals surface area contributed by atoms with Gasteiger partial charge in [0.25, 0.3) is 5.56 Å². The quantitative estimate of drug-likeness (QED) is 0.794. The lowest BCUT2D eigenvalue weighted by Crippen LogP contribution is -2.21. The fraction of sp³-hybridized carbons (Fsp3) is 0.154. The van der Waals surface area contributed by atoms with Crippen molar-refractivity contribution in [3.63, 3.8) is 0 Å². The predicted octanol–water partition coefficient (Wildman–Crippen LogP) is 1.73. The molecular weight excluding hydrogens is 260 g/mol. The number of H-pyrrole nitrogens is 1. The number of amides is 2. The SMILES string of the molecule is COc1ccc(C)cc1NC(=O)Nc1ccc(=O)[nH]n1. The van der Waals surface area contributed by atoms with Gasteiger partial charge in [-0.05, 0) is 30.7 Å². The van der Waals surface area contributed by atoms with Crippen LogP contribution < -0.4 is 20.9 Å². The van der Waals surface area contributed by atoms with Gasteiger partial charge in [-0.15, -0.1) is 0 Å². The summed E-state index contributed by atoms with van der Waals surface area (Å²) < 4.78 is 5.16. The van der Waals surface area contributed by atoms with Crippen molar-refractivity contribution in [2.75, 3.05) is 17.7 Å². The Bertz CT molecular complexity index is 661. The van der Waals surface area contributed by atoms with E-state index in [1.807, 2.05) is 13.0 Å². The number of rotatable bonds is 3. The van der Waals surface area contributed by atoms with E-state index in [1.54, 1.807) is 12.1 Å². The minimum absolute atomic E-state index is 0.244. The van der Waals surface area contributed by atoms with Gasteiger partial charge in [0, 0.05) is 6.07 Å². The molecule has 0 atom stereocenters. The fourth-order valence-corrected chi connectivity index (χ4v) is 1.60. The molecule has 0 aliphatic heterocycles. The highest BCUT2D eigenvalue weighted by Gasteiger charge is 2.08. The molecule has 0 unspecified atom stereocenters. The maximum Gasteiger partial charge on any atom is 0.325 e. The summed E-state index contributed by atoms with van der Waals surface area (Å²) in [4.78, 5) is 22.7. The molecule has 0 bridgehead atoms. The molecule has 0 fully saturated rings. The first-order valence-electron chi connectivity index (χ1n) is 5.87. The van der Waals surface area contributed by atoms with Gasteiger partial charge < -0.3 is 10.1 Å². The minimum Gasteiger partial charge on any atom is -0.495 e. The molecule has 7 nitrogen and oxygen atoms in total. The van der Waals surface area contributed by atoms with Crippen LogP contribution in [0.4, 0.5) is 16.3 Å². The van der Waals surface area contributed by atoms with Gasteiger partial charge in [0.05, 0.1) is 12.8 Å². The third-order valence-electron chi connectivity index (χ3n) is 2.52. The van der Waals surface area contributed by atoms with Crippen molar-refractivity contribution in [3.8, 4) is 5.75 Å². The molecule has 0 aliphatic carbocycles. The van der Waals surface area contributed by atoms with Crippen molar-refractivity contribution in [3.05, 3.63) is 46.2 Å². The second kappa shape index (κ2) is 5.87. The van der Waals surface area contributed by atoms with Gasteiger partial charge in [-0.2, -0.15) is 5.10 Å². The summed E-state index contributed by atoms with van der Waals surface area (Å²) in [5.74, 6) is 0.800. The zero-order valence-corrected chi connectivity index (χ0v) is 11.1. The lowest BCUT2D eigenvalue weighted by Gasteiger charge is -2.11. The van der Waals surface area contributed by atoms with Crippen LogP contribution in [0.5, 0.6) is 5.75 Å². The number of nitrogens with zero attached hydrogens (tertiary/aromatic N) is 1. The van der Waals surface area contributed by atoms with Gasteiger partial charge in [0.1, 0.15) is 5.75 Å². The van der Waals surface area contributed by atoms with Gasteiger partial charge >= 0.3 is 6.03 Å². The molecule has 0 radical (unpaired) electrons. The van der Waals surface area contributed by atoms with E-state index >= 15 is 0 Å². The smallest absolute Gasteiger partial charge is 0.325 e. The number of nitrogens with one attached hydrogen (secondary N) is 3. The summed E-state index contributed by atoms with van der Waals surface area (Å²) in [5.41, 5.74) is 1.20. The van der Waals surface area contributed by atoms with Gasteiger partial charge in [-0.1, -0.05) is 6.07 Å². The first kappa shape index (κ1) is 13.6. The number of hydrogen-bond acceptors (Lipinski definition) is 4. The number of carbonyl (C=O) groups excluding carboxylic acids is 1. The monoisotopic (exact) mass is 274 g/mol. The molecule has 0 spiro atoms. The molecule has 3 N–H and O–H groups in total. The van der Waals surface area contributed by atoms with Crippen molar-refractivity contribution in [2.45, 2.75) is 6.92 Å². The van der Waals surface area contributed by atoms with Crippen LogP contribution in [0.2, 0.25) is 0 Å². The van der Waals surface area contributed by atoms with Crippen molar-refractivity contribution < 1.29 is 9.53 Å². The summed E-state index contributed by atoms with van der Waals surface area (Å²) in [6, 6.07) is 7.64. The Morgan fingerprint density at radius 3 is 2.70 bits per heavy atom. The van der Waals surface area contributed by atoms with E-state index in [4.69, 9.17) is 4.74 Å². The maximum atomic E-state index is 11.8. The number of hydrogen-bond donors (Lipinski definition) is 3. The molecule has 0 aliphatic rings.